The van der Waals surface area contributed by atoms with Crippen molar-refractivity contribution >= 4 is 11.6 Å². The molecule has 5 nitrogen and oxygen atoms in total. The fraction of sp³-hybridized carbons (Fsp3) is 0.364. The lowest BCUT2D eigenvalue weighted by molar-refractivity contribution is -0.384. The average Bonchev–Trinajstić information content (AvgIpc) is 2.26. The van der Waals surface area contributed by atoms with Crippen molar-refractivity contribution in [3.63, 3.8) is 0 Å². The highest BCUT2D eigenvalue weighted by molar-refractivity contribution is 5.75. The lowest BCUT2D eigenvalue weighted by Crippen LogP contribution is -2.21. The fourth-order valence-electron chi connectivity index (χ4n) is 1.30. The molecule has 86 valence electrons. The Bertz CT molecular complexity index is 402. The molecule has 0 heterocycles. The number of hydrogen-bond acceptors (Lipinski definition) is 3. The molecule has 0 atom stereocenters. The van der Waals surface area contributed by atoms with E-state index in [4.69, 9.17) is 0 Å². The van der Waals surface area contributed by atoms with Crippen molar-refractivity contribution in [2.45, 2.75) is 12.8 Å². The third-order valence-electron chi connectivity index (χ3n) is 2.25. The van der Waals surface area contributed by atoms with Crippen LogP contribution in [0.1, 0.15) is 12.0 Å². The number of amides is 1. The van der Waals surface area contributed by atoms with Crippen molar-refractivity contribution in [3.05, 3.63) is 39.9 Å². The highest BCUT2D eigenvalue weighted by Crippen LogP contribution is 2.14. The number of hydrogen-bond donors (Lipinski definition) is 0. The lowest BCUT2D eigenvalue weighted by atomic mass is 10.1. The topological polar surface area (TPSA) is 63.5 Å². The first kappa shape index (κ1) is 12.2. The highest BCUT2D eigenvalue weighted by atomic mass is 16.6. The maximum Gasteiger partial charge on any atom is 0.269 e. The van der Waals surface area contributed by atoms with Gasteiger partial charge in [-0.3, -0.25) is 14.9 Å². The van der Waals surface area contributed by atoms with E-state index in [0.29, 0.717) is 12.8 Å². The second-order valence-electron chi connectivity index (χ2n) is 3.72. The average molecular weight is 222 g/mol. The van der Waals surface area contributed by atoms with Gasteiger partial charge in [0.15, 0.2) is 0 Å². The summed E-state index contributed by atoms with van der Waals surface area (Å²) in [6, 6.07) is 6.36. The van der Waals surface area contributed by atoms with Gasteiger partial charge in [0.25, 0.3) is 5.69 Å². The minimum Gasteiger partial charge on any atom is -0.349 e. The molecule has 16 heavy (non-hydrogen) atoms. The van der Waals surface area contributed by atoms with Crippen LogP contribution in [0.15, 0.2) is 24.3 Å². The smallest absolute Gasteiger partial charge is 0.269 e. The molecule has 0 saturated heterocycles. The normalized spacial score (nSPS) is 9.88. The van der Waals surface area contributed by atoms with Gasteiger partial charge in [0, 0.05) is 32.6 Å². The van der Waals surface area contributed by atoms with Crippen molar-refractivity contribution in [2.75, 3.05) is 14.1 Å². The summed E-state index contributed by atoms with van der Waals surface area (Å²) in [7, 11) is 3.38. The van der Waals surface area contributed by atoms with Crippen LogP contribution in [0, 0.1) is 10.1 Å². The molecule has 5 heteroatoms. The van der Waals surface area contributed by atoms with Crippen LogP contribution in [0.4, 0.5) is 5.69 Å². The number of carbonyl (C=O) groups excluding carboxylic acids is 1. The summed E-state index contributed by atoms with van der Waals surface area (Å²) in [4.78, 5) is 22.9. The predicted molar refractivity (Wildman–Crippen MR) is 60.1 cm³/mol. The van der Waals surface area contributed by atoms with E-state index in [1.165, 1.54) is 17.0 Å². The molecular weight excluding hydrogens is 208 g/mol. The van der Waals surface area contributed by atoms with Crippen molar-refractivity contribution in [1.29, 1.82) is 0 Å². The third-order valence-corrected chi connectivity index (χ3v) is 2.25. The fourth-order valence-corrected chi connectivity index (χ4v) is 1.30. The van der Waals surface area contributed by atoms with E-state index in [0.717, 1.165) is 5.56 Å². The van der Waals surface area contributed by atoms with E-state index in [-0.39, 0.29) is 11.6 Å². The third kappa shape index (κ3) is 3.34. The predicted octanol–water partition coefficient (Wildman–Crippen LogP) is 1.62. The molecule has 0 radical (unpaired) electrons. The van der Waals surface area contributed by atoms with Crippen LogP contribution in [-0.4, -0.2) is 29.8 Å². The first-order valence-electron chi connectivity index (χ1n) is 4.94. The zero-order chi connectivity index (χ0) is 12.1. The standard InChI is InChI=1S/C11H14N2O3/c1-12(2)11(14)7-6-9-4-3-5-10(8-9)13(15)16/h3-5,8H,6-7H2,1-2H3. The van der Waals surface area contributed by atoms with Gasteiger partial charge in [-0.1, -0.05) is 12.1 Å². The number of nitro groups is 1. The molecule has 0 saturated carbocycles. The van der Waals surface area contributed by atoms with Crippen LogP contribution in [0.3, 0.4) is 0 Å². The molecule has 0 fully saturated rings. The summed E-state index contributed by atoms with van der Waals surface area (Å²) in [6.45, 7) is 0. The van der Waals surface area contributed by atoms with Crippen molar-refractivity contribution < 1.29 is 9.72 Å². The Morgan fingerprint density at radius 2 is 2.12 bits per heavy atom. The molecule has 1 aromatic rings. The van der Waals surface area contributed by atoms with E-state index in [1.807, 2.05) is 0 Å². The molecule has 1 rings (SSSR count). The number of rotatable bonds is 4. The largest absolute Gasteiger partial charge is 0.349 e. The molecule has 0 aliphatic carbocycles. The SMILES string of the molecule is CN(C)C(=O)CCc1cccc([N+](=O)[O-])c1. The minimum atomic E-state index is -0.433. The number of nitro benzene ring substituents is 1. The summed E-state index contributed by atoms with van der Waals surface area (Å²) in [6.07, 6.45) is 0.896. The molecule has 0 unspecified atom stereocenters. The van der Waals surface area contributed by atoms with Gasteiger partial charge in [-0.25, -0.2) is 0 Å². The Morgan fingerprint density at radius 1 is 1.44 bits per heavy atom. The van der Waals surface area contributed by atoms with Gasteiger partial charge in [0.1, 0.15) is 0 Å². The van der Waals surface area contributed by atoms with Crippen LogP contribution < -0.4 is 0 Å². The van der Waals surface area contributed by atoms with Crippen molar-refractivity contribution in [1.82, 2.24) is 4.90 Å². The number of carbonyl (C=O) groups is 1. The molecule has 0 aliphatic rings. The van der Waals surface area contributed by atoms with Gasteiger partial charge in [-0.05, 0) is 12.0 Å². The first-order valence-corrected chi connectivity index (χ1v) is 4.94. The number of nitrogens with zero attached hydrogens (tertiary/aromatic N) is 2. The zero-order valence-corrected chi connectivity index (χ0v) is 9.34. The molecule has 0 aliphatic heterocycles. The molecule has 0 N–H and O–H groups in total. The Balaban J connectivity index is 2.64. The van der Waals surface area contributed by atoms with Gasteiger partial charge in [0.05, 0.1) is 4.92 Å². The Kier molecular flexibility index (Phi) is 3.99. The molecule has 1 amide bonds. The van der Waals surface area contributed by atoms with Gasteiger partial charge >= 0.3 is 0 Å². The molecule has 0 spiro atoms. The second-order valence-corrected chi connectivity index (χ2v) is 3.72. The van der Waals surface area contributed by atoms with E-state index >= 15 is 0 Å². The Morgan fingerprint density at radius 3 is 2.69 bits per heavy atom. The second kappa shape index (κ2) is 5.25. The van der Waals surface area contributed by atoms with Gasteiger partial charge in [-0.15, -0.1) is 0 Å². The summed E-state index contributed by atoms with van der Waals surface area (Å²) in [5, 5.41) is 10.5. The van der Waals surface area contributed by atoms with Crippen LogP contribution in [0.2, 0.25) is 0 Å². The van der Waals surface area contributed by atoms with E-state index in [9.17, 15) is 14.9 Å². The minimum absolute atomic E-state index is 0.0199. The van der Waals surface area contributed by atoms with Gasteiger partial charge in [0.2, 0.25) is 5.91 Å². The summed E-state index contributed by atoms with van der Waals surface area (Å²) in [5.74, 6) is 0.0199. The lowest BCUT2D eigenvalue weighted by Gasteiger charge is -2.09. The van der Waals surface area contributed by atoms with Crippen molar-refractivity contribution in [3.8, 4) is 0 Å². The van der Waals surface area contributed by atoms with E-state index in [1.54, 1.807) is 26.2 Å². The summed E-state index contributed by atoms with van der Waals surface area (Å²) < 4.78 is 0. The maximum absolute atomic E-state index is 11.3. The van der Waals surface area contributed by atoms with Crippen LogP contribution >= 0.6 is 0 Å². The Labute approximate surface area is 93.8 Å². The molecule has 0 bridgehead atoms. The van der Waals surface area contributed by atoms with Crippen molar-refractivity contribution in [2.24, 2.45) is 0 Å². The summed E-state index contributed by atoms with van der Waals surface area (Å²) in [5.41, 5.74) is 0.874. The van der Waals surface area contributed by atoms with Crippen LogP contribution in [-0.2, 0) is 11.2 Å². The zero-order valence-electron chi connectivity index (χ0n) is 9.34. The van der Waals surface area contributed by atoms with Gasteiger partial charge < -0.3 is 4.90 Å². The van der Waals surface area contributed by atoms with Gasteiger partial charge in [-0.2, -0.15) is 0 Å². The monoisotopic (exact) mass is 222 g/mol. The number of aryl methyl sites for hydroxylation is 1. The molecular formula is C11H14N2O3. The Hall–Kier alpha value is -1.91. The molecule has 0 aromatic heterocycles. The van der Waals surface area contributed by atoms with Crippen LogP contribution in [0.5, 0.6) is 0 Å². The number of non-ortho nitro benzene ring substituents is 1. The molecule has 1 aromatic carbocycles. The highest BCUT2D eigenvalue weighted by Gasteiger charge is 2.08. The maximum atomic E-state index is 11.3. The first-order chi connectivity index (χ1) is 7.50. The van der Waals surface area contributed by atoms with E-state index < -0.39 is 4.92 Å². The van der Waals surface area contributed by atoms with E-state index in [2.05, 4.69) is 0 Å². The summed E-state index contributed by atoms with van der Waals surface area (Å²) >= 11 is 0. The van der Waals surface area contributed by atoms with Crippen LogP contribution in [0.25, 0.3) is 0 Å². The number of benzene rings is 1. The quantitative estimate of drug-likeness (QED) is 0.574.